The molecule has 24 heavy (non-hydrogen) atoms. The topological polar surface area (TPSA) is 75.0 Å². The van der Waals surface area contributed by atoms with Gasteiger partial charge < -0.3 is 10.1 Å². The molecule has 0 aliphatic carbocycles. The van der Waals surface area contributed by atoms with Crippen LogP contribution in [0.3, 0.4) is 0 Å². The van der Waals surface area contributed by atoms with Crippen molar-refractivity contribution in [2.75, 3.05) is 5.32 Å². The summed E-state index contributed by atoms with van der Waals surface area (Å²) in [7, 11) is 0. The molecule has 1 aromatic carbocycles. The molecule has 0 unspecified atom stereocenters. The standard InChI is InChI=1S/C19H21N3O2/c1-19(2,3)24-18(23)16(12-14-8-5-4-6-9-14)22-17-15(13-20)10-7-11-21-17/h4-11,16H,12H2,1-3H3,(H,21,22)/t16-/m1/s1. The van der Waals surface area contributed by atoms with Crippen LogP contribution >= 0.6 is 0 Å². The number of hydrogen-bond donors (Lipinski definition) is 1. The Morgan fingerprint density at radius 3 is 2.58 bits per heavy atom. The van der Waals surface area contributed by atoms with Gasteiger partial charge in [-0.2, -0.15) is 5.26 Å². The van der Waals surface area contributed by atoms with Crippen LogP contribution in [0.15, 0.2) is 48.7 Å². The fraction of sp³-hybridized carbons (Fsp3) is 0.316. The molecule has 2 rings (SSSR count). The minimum absolute atomic E-state index is 0.374. The van der Waals surface area contributed by atoms with Crippen molar-refractivity contribution in [2.24, 2.45) is 0 Å². The second-order valence-corrected chi connectivity index (χ2v) is 6.43. The Kier molecular flexibility index (Phi) is 5.54. The first-order valence-corrected chi connectivity index (χ1v) is 7.77. The van der Waals surface area contributed by atoms with E-state index in [0.717, 1.165) is 5.56 Å². The Hall–Kier alpha value is -2.87. The number of aromatic nitrogens is 1. The number of esters is 1. The number of hydrogen-bond acceptors (Lipinski definition) is 5. The van der Waals surface area contributed by atoms with Gasteiger partial charge in [-0.25, -0.2) is 9.78 Å². The van der Waals surface area contributed by atoms with Gasteiger partial charge in [0.2, 0.25) is 0 Å². The zero-order chi connectivity index (χ0) is 17.6. The number of carbonyl (C=O) groups is 1. The number of nitrogens with zero attached hydrogens (tertiary/aromatic N) is 2. The second kappa shape index (κ2) is 7.60. The molecule has 1 N–H and O–H groups in total. The Labute approximate surface area is 142 Å². The van der Waals surface area contributed by atoms with E-state index in [9.17, 15) is 10.1 Å². The summed E-state index contributed by atoms with van der Waals surface area (Å²) in [6, 6.07) is 14.4. The molecule has 0 saturated carbocycles. The number of nitriles is 1. The second-order valence-electron chi connectivity index (χ2n) is 6.43. The molecule has 0 spiro atoms. The molecule has 5 nitrogen and oxygen atoms in total. The number of pyridine rings is 1. The quantitative estimate of drug-likeness (QED) is 0.854. The minimum atomic E-state index is -0.631. The summed E-state index contributed by atoms with van der Waals surface area (Å²) in [6.45, 7) is 5.48. The van der Waals surface area contributed by atoms with Crippen molar-refractivity contribution >= 4 is 11.8 Å². The van der Waals surface area contributed by atoms with Gasteiger partial charge in [-0.05, 0) is 38.5 Å². The molecule has 0 bridgehead atoms. The third kappa shape index (κ3) is 5.10. The molecule has 0 amide bonds. The molecule has 0 radical (unpaired) electrons. The summed E-state index contributed by atoms with van der Waals surface area (Å²) < 4.78 is 5.51. The molecule has 0 saturated heterocycles. The van der Waals surface area contributed by atoms with Crippen LogP contribution in [0.4, 0.5) is 5.82 Å². The van der Waals surface area contributed by atoms with Crippen LogP contribution in [-0.2, 0) is 16.0 Å². The molecule has 1 atom stereocenters. The lowest BCUT2D eigenvalue weighted by atomic mass is 10.1. The van der Waals surface area contributed by atoms with Gasteiger partial charge in [-0.3, -0.25) is 0 Å². The van der Waals surface area contributed by atoms with E-state index in [1.165, 1.54) is 0 Å². The molecule has 2 aromatic rings. The van der Waals surface area contributed by atoms with Gasteiger partial charge in [0.15, 0.2) is 0 Å². The Balaban J connectivity index is 2.25. The van der Waals surface area contributed by atoms with E-state index >= 15 is 0 Å². The average Bonchev–Trinajstić information content (AvgIpc) is 2.54. The maximum atomic E-state index is 12.6. The van der Waals surface area contributed by atoms with Crippen LogP contribution in [0.5, 0.6) is 0 Å². The molecule has 1 heterocycles. The number of benzene rings is 1. The van der Waals surface area contributed by atoms with Crippen LogP contribution < -0.4 is 5.32 Å². The van der Waals surface area contributed by atoms with E-state index in [1.54, 1.807) is 18.3 Å². The van der Waals surface area contributed by atoms with Gasteiger partial charge in [-0.15, -0.1) is 0 Å². The van der Waals surface area contributed by atoms with Crippen molar-refractivity contribution in [3.8, 4) is 6.07 Å². The molecule has 0 aliphatic rings. The summed E-state index contributed by atoms with van der Waals surface area (Å²) in [5.74, 6) is 0.00712. The van der Waals surface area contributed by atoms with Crippen LogP contribution in [0.25, 0.3) is 0 Å². The van der Waals surface area contributed by atoms with E-state index in [0.29, 0.717) is 17.8 Å². The third-order valence-electron chi connectivity index (χ3n) is 3.21. The summed E-state index contributed by atoms with van der Waals surface area (Å²) in [4.78, 5) is 16.7. The van der Waals surface area contributed by atoms with Gasteiger partial charge in [0.1, 0.15) is 23.5 Å². The summed E-state index contributed by atoms with van der Waals surface area (Å²) in [5.41, 5.74) is 0.796. The fourth-order valence-corrected chi connectivity index (χ4v) is 2.19. The summed E-state index contributed by atoms with van der Waals surface area (Å²) >= 11 is 0. The zero-order valence-electron chi connectivity index (χ0n) is 14.1. The van der Waals surface area contributed by atoms with Crippen LogP contribution in [0.2, 0.25) is 0 Å². The highest BCUT2D eigenvalue weighted by Gasteiger charge is 2.26. The van der Waals surface area contributed by atoms with Crippen LogP contribution in [0.1, 0.15) is 31.9 Å². The molecule has 0 fully saturated rings. The van der Waals surface area contributed by atoms with Gasteiger partial charge in [0.25, 0.3) is 0 Å². The zero-order valence-corrected chi connectivity index (χ0v) is 14.1. The SMILES string of the molecule is CC(C)(C)OC(=O)[C@@H](Cc1ccccc1)Nc1ncccc1C#N. The van der Waals surface area contributed by atoms with Crippen molar-refractivity contribution in [2.45, 2.75) is 38.8 Å². The molecular formula is C19H21N3O2. The number of nitrogens with one attached hydrogen (secondary N) is 1. The normalized spacial score (nSPS) is 12.1. The maximum Gasteiger partial charge on any atom is 0.329 e. The molecule has 124 valence electrons. The molecular weight excluding hydrogens is 302 g/mol. The lowest BCUT2D eigenvalue weighted by Crippen LogP contribution is -2.38. The van der Waals surface area contributed by atoms with Gasteiger partial charge in [0, 0.05) is 12.6 Å². The average molecular weight is 323 g/mol. The van der Waals surface area contributed by atoms with Crippen molar-refractivity contribution in [1.29, 1.82) is 5.26 Å². The first kappa shape index (κ1) is 17.5. The Morgan fingerprint density at radius 1 is 1.25 bits per heavy atom. The maximum absolute atomic E-state index is 12.6. The van der Waals surface area contributed by atoms with Gasteiger partial charge in [-0.1, -0.05) is 30.3 Å². The lowest BCUT2D eigenvalue weighted by molar-refractivity contribution is -0.155. The summed E-state index contributed by atoms with van der Waals surface area (Å²) in [6.07, 6.45) is 2.02. The van der Waals surface area contributed by atoms with Crippen molar-refractivity contribution < 1.29 is 9.53 Å². The highest BCUT2D eigenvalue weighted by molar-refractivity contribution is 5.80. The first-order valence-electron chi connectivity index (χ1n) is 7.77. The number of carbonyl (C=O) groups excluding carboxylic acids is 1. The number of rotatable bonds is 5. The Morgan fingerprint density at radius 2 is 1.96 bits per heavy atom. The first-order chi connectivity index (χ1) is 11.4. The predicted molar refractivity (Wildman–Crippen MR) is 92.4 cm³/mol. The van der Waals surface area contributed by atoms with Crippen molar-refractivity contribution in [3.05, 3.63) is 59.8 Å². The van der Waals surface area contributed by atoms with Crippen LogP contribution in [-0.4, -0.2) is 22.6 Å². The van der Waals surface area contributed by atoms with E-state index in [-0.39, 0.29) is 5.97 Å². The van der Waals surface area contributed by atoms with Gasteiger partial charge >= 0.3 is 5.97 Å². The fourth-order valence-electron chi connectivity index (χ4n) is 2.19. The largest absolute Gasteiger partial charge is 0.458 e. The Bertz CT molecular complexity index is 730. The lowest BCUT2D eigenvalue weighted by Gasteiger charge is -2.25. The highest BCUT2D eigenvalue weighted by atomic mass is 16.6. The number of ether oxygens (including phenoxy) is 1. The predicted octanol–water partition coefficient (Wildman–Crippen LogP) is 3.32. The number of anilines is 1. The van der Waals surface area contributed by atoms with E-state index in [2.05, 4.69) is 16.4 Å². The molecule has 5 heteroatoms. The van der Waals surface area contributed by atoms with Crippen molar-refractivity contribution in [3.63, 3.8) is 0 Å². The molecule has 0 aliphatic heterocycles. The van der Waals surface area contributed by atoms with E-state index in [1.807, 2.05) is 51.1 Å². The minimum Gasteiger partial charge on any atom is -0.458 e. The van der Waals surface area contributed by atoms with Crippen LogP contribution in [0, 0.1) is 11.3 Å². The highest BCUT2D eigenvalue weighted by Crippen LogP contribution is 2.17. The van der Waals surface area contributed by atoms with E-state index in [4.69, 9.17) is 4.74 Å². The monoisotopic (exact) mass is 323 g/mol. The third-order valence-corrected chi connectivity index (χ3v) is 3.21. The smallest absolute Gasteiger partial charge is 0.329 e. The molecule has 1 aromatic heterocycles. The van der Waals surface area contributed by atoms with E-state index < -0.39 is 11.6 Å². The summed E-state index contributed by atoms with van der Waals surface area (Å²) in [5, 5.41) is 12.3. The van der Waals surface area contributed by atoms with Gasteiger partial charge in [0.05, 0.1) is 5.56 Å². The van der Waals surface area contributed by atoms with Crippen molar-refractivity contribution in [1.82, 2.24) is 4.98 Å².